The van der Waals surface area contributed by atoms with Crippen molar-refractivity contribution in [1.82, 2.24) is 5.32 Å². The highest BCUT2D eigenvalue weighted by Gasteiger charge is 2.38. The van der Waals surface area contributed by atoms with E-state index in [1.165, 1.54) is 7.11 Å². The van der Waals surface area contributed by atoms with Crippen molar-refractivity contribution in [3.05, 3.63) is 57.2 Å². The molecule has 2 N–H and O–H groups in total. The number of phenols is 1. The number of Topliss-reactive ketones (excluding diaryl/α,β-unsaturated/α-hetero) is 1. The molecule has 0 unspecified atom stereocenters. The number of phenolic OH excluding ortho intramolecular Hbond substituents is 1. The van der Waals surface area contributed by atoms with Gasteiger partial charge >= 0.3 is 0 Å². The normalized spacial score (nSPS) is 20.5. The van der Waals surface area contributed by atoms with Gasteiger partial charge in [0.25, 0.3) is 0 Å². The van der Waals surface area contributed by atoms with Crippen molar-refractivity contribution in [3.63, 3.8) is 0 Å². The maximum atomic E-state index is 13.3. The summed E-state index contributed by atoms with van der Waals surface area (Å²) in [4.78, 5) is 25.9. The minimum atomic E-state index is -0.400. The zero-order valence-corrected chi connectivity index (χ0v) is 19.6. The van der Waals surface area contributed by atoms with Crippen LogP contribution in [0.2, 0.25) is 0 Å². The van der Waals surface area contributed by atoms with Crippen molar-refractivity contribution >= 4 is 27.6 Å². The monoisotopic (exact) mass is 501 g/mol. The van der Waals surface area contributed by atoms with Crippen molar-refractivity contribution < 1.29 is 28.9 Å². The average molecular weight is 502 g/mol. The lowest BCUT2D eigenvalue weighted by molar-refractivity contribution is -0.122. The fourth-order valence-electron chi connectivity index (χ4n) is 4.54. The summed E-state index contributed by atoms with van der Waals surface area (Å²) in [6.45, 7) is 0. The molecular formula is C24H24BrNO6. The minimum absolute atomic E-state index is 0.000742. The summed E-state index contributed by atoms with van der Waals surface area (Å²) in [6.07, 6.45) is 1.03. The van der Waals surface area contributed by atoms with Gasteiger partial charge in [0.05, 0.1) is 25.8 Å². The van der Waals surface area contributed by atoms with Crippen molar-refractivity contribution in [2.75, 3.05) is 21.3 Å². The van der Waals surface area contributed by atoms with Gasteiger partial charge in [0.1, 0.15) is 0 Å². The third kappa shape index (κ3) is 3.95. The highest BCUT2D eigenvalue weighted by molar-refractivity contribution is 9.10. The van der Waals surface area contributed by atoms with Gasteiger partial charge in [-0.05, 0) is 63.7 Å². The Morgan fingerprint density at radius 2 is 1.59 bits per heavy atom. The van der Waals surface area contributed by atoms with Crippen molar-refractivity contribution in [1.29, 1.82) is 0 Å². The number of halogens is 1. The number of ketones is 1. The second kappa shape index (κ2) is 8.86. The van der Waals surface area contributed by atoms with E-state index in [1.807, 2.05) is 18.2 Å². The molecule has 0 saturated carbocycles. The number of hydrogen-bond acceptors (Lipinski definition) is 6. The van der Waals surface area contributed by atoms with Crippen LogP contribution in [-0.2, 0) is 9.59 Å². The Labute approximate surface area is 194 Å². The van der Waals surface area contributed by atoms with Crippen LogP contribution in [0.1, 0.15) is 42.2 Å². The van der Waals surface area contributed by atoms with E-state index in [0.717, 1.165) is 11.1 Å². The molecule has 8 heteroatoms. The molecule has 0 spiro atoms. The summed E-state index contributed by atoms with van der Waals surface area (Å²) in [5.74, 6) is 0.865. The third-order valence-corrected chi connectivity index (χ3v) is 6.69. The number of benzene rings is 2. The molecule has 1 amide bonds. The molecule has 1 heterocycles. The molecule has 2 atom stereocenters. The van der Waals surface area contributed by atoms with Crippen molar-refractivity contribution in [2.24, 2.45) is 0 Å². The Kier molecular flexibility index (Phi) is 6.15. The fraction of sp³-hybridized carbons (Fsp3) is 0.333. The average Bonchev–Trinajstić information content (AvgIpc) is 2.79. The number of methoxy groups -OCH3 is 3. The Balaban J connectivity index is 1.72. The van der Waals surface area contributed by atoms with E-state index in [0.29, 0.717) is 40.1 Å². The number of rotatable bonds is 5. The van der Waals surface area contributed by atoms with E-state index in [2.05, 4.69) is 21.2 Å². The molecule has 2 aromatic rings. The standard InChI is InChI=1S/C24H24BrNO6/c1-30-19-5-4-12(9-20(19)31-2)13-7-17-23(18(27)8-13)15(11-22(28)26-17)14-6-16(25)24(29)21(10-14)32-3/h4-6,9-10,13,15,29H,7-8,11H2,1-3H3,(H,26,28)/t13-,15-/m0/s1. The molecule has 2 aromatic carbocycles. The molecule has 168 valence electrons. The van der Waals surface area contributed by atoms with Gasteiger partial charge in [-0.25, -0.2) is 0 Å². The van der Waals surface area contributed by atoms with Crippen LogP contribution in [0.3, 0.4) is 0 Å². The van der Waals surface area contributed by atoms with Gasteiger partial charge in [-0.15, -0.1) is 0 Å². The smallest absolute Gasteiger partial charge is 0.225 e. The molecule has 1 aliphatic carbocycles. The van der Waals surface area contributed by atoms with Gasteiger partial charge in [0, 0.05) is 30.0 Å². The molecule has 7 nitrogen and oxygen atoms in total. The lowest BCUT2D eigenvalue weighted by Crippen LogP contribution is -2.38. The topological polar surface area (TPSA) is 94.1 Å². The highest BCUT2D eigenvalue weighted by Crippen LogP contribution is 2.46. The second-order valence-corrected chi connectivity index (χ2v) is 8.75. The fourth-order valence-corrected chi connectivity index (χ4v) is 5.00. The first-order chi connectivity index (χ1) is 15.4. The Bertz CT molecular complexity index is 1130. The molecule has 1 aliphatic heterocycles. The second-order valence-electron chi connectivity index (χ2n) is 7.89. The number of amides is 1. The maximum absolute atomic E-state index is 13.3. The largest absolute Gasteiger partial charge is 0.503 e. The molecule has 0 fully saturated rings. The summed E-state index contributed by atoms with van der Waals surface area (Å²) < 4.78 is 16.4. The summed E-state index contributed by atoms with van der Waals surface area (Å²) in [7, 11) is 4.61. The maximum Gasteiger partial charge on any atom is 0.225 e. The highest BCUT2D eigenvalue weighted by atomic mass is 79.9. The number of hydrogen-bond donors (Lipinski definition) is 2. The SMILES string of the molecule is COc1ccc([C@@H]2CC(=O)C3=C(C2)NC(=O)C[C@H]3c2cc(Br)c(O)c(OC)c2)cc1OC. The van der Waals surface area contributed by atoms with E-state index in [9.17, 15) is 14.7 Å². The van der Waals surface area contributed by atoms with Crippen LogP contribution in [0.5, 0.6) is 23.0 Å². The predicted molar refractivity (Wildman–Crippen MR) is 121 cm³/mol. The van der Waals surface area contributed by atoms with Gasteiger partial charge in [-0.1, -0.05) is 6.07 Å². The van der Waals surface area contributed by atoms with Crippen LogP contribution in [0.15, 0.2) is 46.1 Å². The van der Waals surface area contributed by atoms with Gasteiger partial charge in [0.15, 0.2) is 28.8 Å². The van der Waals surface area contributed by atoms with Crippen LogP contribution in [0, 0.1) is 0 Å². The van der Waals surface area contributed by atoms with Crippen molar-refractivity contribution in [3.8, 4) is 23.0 Å². The number of ether oxygens (including phenoxy) is 3. The number of nitrogens with one attached hydrogen (secondary N) is 1. The quantitative estimate of drug-likeness (QED) is 0.637. The van der Waals surface area contributed by atoms with E-state index < -0.39 is 5.92 Å². The molecular weight excluding hydrogens is 478 g/mol. The minimum Gasteiger partial charge on any atom is -0.503 e. The number of aromatic hydroxyl groups is 1. The van der Waals surface area contributed by atoms with Gasteiger partial charge in [-0.3, -0.25) is 9.59 Å². The number of carbonyl (C=O) groups excluding carboxylic acids is 2. The van der Waals surface area contributed by atoms with E-state index >= 15 is 0 Å². The molecule has 0 saturated heterocycles. The van der Waals surface area contributed by atoms with Gasteiger partial charge < -0.3 is 24.6 Å². The third-order valence-electron chi connectivity index (χ3n) is 6.09. The zero-order valence-electron chi connectivity index (χ0n) is 18.0. The molecule has 0 aromatic heterocycles. The summed E-state index contributed by atoms with van der Waals surface area (Å²) >= 11 is 3.33. The van der Waals surface area contributed by atoms with Gasteiger partial charge in [0.2, 0.25) is 5.91 Å². The predicted octanol–water partition coefficient (Wildman–Crippen LogP) is 4.18. The lowest BCUT2D eigenvalue weighted by atomic mass is 9.73. The Hall–Kier alpha value is -3.00. The molecule has 0 radical (unpaired) electrons. The summed E-state index contributed by atoms with van der Waals surface area (Å²) in [5, 5.41) is 13.1. The molecule has 2 aliphatic rings. The van der Waals surface area contributed by atoms with Gasteiger partial charge in [-0.2, -0.15) is 0 Å². The van der Waals surface area contributed by atoms with Crippen LogP contribution >= 0.6 is 15.9 Å². The Morgan fingerprint density at radius 3 is 2.28 bits per heavy atom. The molecule has 0 bridgehead atoms. The van der Waals surface area contributed by atoms with E-state index in [-0.39, 0.29) is 35.5 Å². The first kappa shape index (κ1) is 22.2. The first-order valence-corrected chi connectivity index (χ1v) is 11.0. The molecule has 32 heavy (non-hydrogen) atoms. The first-order valence-electron chi connectivity index (χ1n) is 10.2. The number of carbonyl (C=O) groups is 2. The van der Waals surface area contributed by atoms with Crippen LogP contribution < -0.4 is 19.5 Å². The number of allylic oxidation sites excluding steroid dienone is 2. The Morgan fingerprint density at radius 1 is 0.906 bits per heavy atom. The van der Waals surface area contributed by atoms with Crippen LogP contribution in [0.4, 0.5) is 0 Å². The van der Waals surface area contributed by atoms with Crippen LogP contribution in [-0.4, -0.2) is 38.1 Å². The van der Waals surface area contributed by atoms with E-state index in [4.69, 9.17) is 14.2 Å². The molecule has 4 rings (SSSR count). The summed E-state index contributed by atoms with van der Waals surface area (Å²) in [6, 6.07) is 9.05. The van der Waals surface area contributed by atoms with E-state index in [1.54, 1.807) is 26.4 Å². The zero-order chi connectivity index (χ0) is 23.0. The van der Waals surface area contributed by atoms with Crippen molar-refractivity contribution in [2.45, 2.75) is 31.1 Å². The lowest BCUT2D eigenvalue weighted by Gasteiger charge is -2.34. The summed E-state index contributed by atoms with van der Waals surface area (Å²) in [5.41, 5.74) is 2.98. The van der Waals surface area contributed by atoms with Crippen LogP contribution in [0.25, 0.3) is 0 Å².